The van der Waals surface area contributed by atoms with Gasteiger partial charge in [0.05, 0.1) is 12.0 Å². The summed E-state index contributed by atoms with van der Waals surface area (Å²) in [6.45, 7) is 2.84. The zero-order chi connectivity index (χ0) is 17.7. The summed E-state index contributed by atoms with van der Waals surface area (Å²) in [6.07, 6.45) is 3.51. The lowest BCUT2D eigenvalue weighted by atomic mass is 9.78. The molecule has 0 radical (unpaired) electrons. The number of hydrogen-bond acceptors (Lipinski definition) is 2. The number of aryl methyl sites for hydroxylation is 1. The molecule has 1 saturated carbocycles. The molecule has 0 aliphatic heterocycles. The van der Waals surface area contributed by atoms with Crippen LogP contribution in [0.3, 0.4) is 0 Å². The van der Waals surface area contributed by atoms with E-state index in [0.29, 0.717) is 13.2 Å². The molecule has 1 aliphatic rings. The van der Waals surface area contributed by atoms with E-state index in [-0.39, 0.29) is 11.7 Å². The van der Waals surface area contributed by atoms with Crippen LogP contribution in [-0.2, 0) is 10.2 Å². The number of amides is 1. The summed E-state index contributed by atoms with van der Waals surface area (Å²) in [4.78, 5) is 12.9. The van der Waals surface area contributed by atoms with E-state index in [2.05, 4.69) is 5.32 Å². The fraction of sp³-hybridized carbons (Fsp3) is 0.381. The van der Waals surface area contributed by atoms with Crippen molar-refractivity contribution in [3.8, 4) is 5.75 Å². The SMILES string of the molecule is Cc1ccccc1OCCNC(=O)C1(c2cccc(F)c2)CCCC1. The monoisotopic (exact) mass is 341 g/mol. The van der Waals surface area contributed by atoms with E-state index in [9.17, 15) is 9.18 Å². The smallest absolute Gasteiger partial charge is 0.230 e. The number of ether oxygens (including phenoxy) is 1. The number of carbonyl (C=O) groups excluding carboxylic acids is 1. The first-order valence-electron chi connectivity index (χ1n) is 8.85. The highest BCUT2D eigenvalue weighted by Gasteiger charge is 2.42. The largest absolute Gasteiger partial charge is 0.491 e. The third-order valence-electron chi connectivity index (χ3n) is 5.01. The van der Waals surface area contributed by atoms with Crippen molar-refractivity contribution in [1.29, 1.82) is 0 Å². The normalized spacial score (nSPS) is 15.8. The Balaban J connectivity index is 1.61. The molecule has 1 amide bonds. The third-order valence-corrected chi connectivity index (χ3v) is 5.01. The van der Waals surface area contributed by atoms with Gasteiger partial charge in [-0.3, -0.25) is 4.79 Å². The van der Waals surface area contributed by atoms with Crippen molar-refractivity contribution in [2.75, 3.05) is 13.2 Å². The molecule has 0 saturated heterocycles. The summed E-state index contributed by atoms with van der Waals surface area (Å²) in [5, 5.41) is 2.99. The van der Waals surface area contributed by atoms with Crippen molar-refractivity contribution in [3.63, 3.8) is 0 Å². The summed E-state index contributed by atoms with van der Waals surface area (Å²) in [5.74, 6) is 0.515. The Morgan fingerprint density at radius 1 is 1.16 bits per heavy atom. The predicted molar refractivity (Wildman–Crippen MR) is 96.2 cm³/mol. The summed E-state index contributed by atoms with van der Waals surface area (Å²) in [6, 6.07) is 14.3. The van der Waals surface area contributed by atoms with Crippen molar-refractivity contribution >= 4 is 5.91 Å². The van der Waals surface area contributed by atoms with Crippen LogP contribution in [0, 0.1) is 12.7 Å². The molecule has 4 heteroatoms. The fourth-order valence-electron chi connectivity index (χ4n) is 3.62. The van der Waals surface area contributed by atoms with E-state index in [4.69, 9.17) is 4.74 Å². The molecular weight excluding hydrogens is 317 g/mol. The minimum atomic E-state index is -0.606. The second-order valence-corrected chi connectivity index (χ2v) is 6.67. The van der Waals surface area contributed by atoms with Gasteiger partial charge in [-0.1, -0.05) is 43.2 Å². The summed E-state index contributed by atoms with van der Waals surface area (Å²) < 4.78 is 19.4. The molecule has 0 aromatic heterocycles. The van der Waals surface area contributed by atoms with Crippen LogP contribution in [-0.4, -0.2) is 19.1 Å². The van der Waals surface area contributed by atoms with Gasteiger partial charge in [0.2, 0.25) is 5.91 Å². The summed E-state index contributed by atoms with van der Waals surface area (Å²) >= 11 is 0. The number of halogens is 1. The highest BCUT2D eigenvalue weighted by molar-refractivity contribution is 5.88. The molecular formula is C21H24FNO2. The lowest BCUT2D eigenvalue weighted by Gasteiger charge is -2.28. The minimum absolute atomic E-state index is 0.0241. The average molecular weight is 341 g/mol. The van der Waals surface area contributed by atoms with Crippen LogP contribution >= 0.6 is 0 Å². The van der Waals surface area contributed by atoms with Crippen molar-refractivity contribution < 1.29 is 13.9 Å². The summed E-state index contributed by atoms with van der Waals surface area (Å²) in [5.41, 5.74) is 1.24. The Morgan fingerprint density at radius 3 is 2.64 bits per heavy atom. The minimum Gasteiger partial charge on any atom is -0.491 e. The van der Waals surface area contributed by atoms with Crippen molar-refractivity contribution in [1.82, 2.24) is 5.32 Å². The van der Waals surface area contributed by atoms with Gasteiger partial charge in [0.1, 0.15) is 18.2 Å². The van der Waals surface area contributed by atoms with Gasteiger partial charge in [0.25, 0.3) is 0 Å². The van der Waals surface area contributed by atoms with E-state index >= 15 is 0 Å². The average Bonchev–Trinajstić information content (AvgIpc) is 3.11. The molecule has 2 aromatic carbocycles. The Hall–Kier alpha value is -2.36. The molecule has 0 atom stereocenters. The number of carbonyl (C=O) groups is 1. The second-order valence-electron chi connectivity index (χ2n) is 6.67. The van der Waals surface area contributed by atoms with E-state index in [1.54, 1.807) is 6.07 Å². The molecule has 2 aromatic rings. The predicted octanol–water partition coefficient (Wildman–Crippen LogP) is 4.14. The molecule has 0 bridgehead atoms. The first kappa shape index (κ1) is 17.5. The number of rotatable bonds is 6. The van der Waals surface area contributed by atoms with E-state index in [1.165, 1.54) is 12.1 Å². The molecule has 25 heavy (non-hydrogen) atoms. The van der Waals surface area contributed by atoms with Crippen LogP contribution in [0.2, 0.25) is 0 Å². The zero-order valence-electron chi connectivity index (χ0n) is 14.6. The maximum absolute atomic E-state index is 13.6. The van der Waals surface area contributed by atoms with Gasteiger partial charge in [-0.05, 0) is 49.1 Å². The molecule has 0 heterocycles. The Bertz CT molecular complexity index is 738. The van der Waals surface area contributed by atoms with Crippen molar-refractivity contribution in [2.24, 2.45) is 0 Å². The maximum Gasteiger partial charge on any atom is 0.230 e. The zero-order valence-corrected chi connectivity index (χ0v) is 14.6. The number of para-hydroxylation sites is 1. The van der Waals surface area contributed by atoms with Crippen LogP contribution in [0.25, 0.3) is 0 Å². The number of benzene rings is 2. The van der Waals surface area contributed by atoms with Gasteiger partial charge in [0, 0.05) is 0 Å². The molecule has 3 nitrogen and oxygen atoms in total. The van der Waals surface area contributed by atoms with Gasteiger partial charge >= 0.3 is 0 Å². The molecule has 3 rings (SSSR count). The van der Waals surface area contributed by atoms with E-state index in [1.807, 2.05) is 37.3 Å². The highest BCUT2D eigenvalue weighted by Crippen LogP contribution is 2.41. The quantitative estimate of drug-likeness (QED) is 0.802. The number of hydrogen-bond donors (Lipinski definition) is 1. The Morgan fingerprint density at radius 2 is 1.92 bits per heavy atom. The van der Waals surface area contributed by atoms with Crippen LogP contribution < -0.4 is 10.1 Å². The van der Waals surface area contributed by atoms with E-state index in [0.717, 1.165) is 42.6 Å². The van der Waals surface area contributed by atoms with Gasteiger partial charge in [-0.25, -0.2) is 4.39 Å². The van der Waals surface area contributed by atoms with E-state index < -0.39 is 5.41 Å². The van der Waals surface area contributed by atoms with Crippen molar-refractivity contribution in [2.45, 2.75) is 38.0 Å². The highest BCUT2D eigenvalue weighted by atomic mass is 19.1. The lowest BCUT2D eigenvalue weighted by molar-refractivity contribution is -0.126. The molecule has 1 aliphatic carbocycles. The van der Waals surface area contributed by atoms with Gasteiger partial charge < -0.3 is 10.1 Å². The van der Waals surface area contributed by atoms with Crippen LogP contribution in [0.15, 0.2) is 48.5 Å². The molecule has 132 valence electrons. The second kappa shape index (κ2) is 7.68. The summed E-state index contributed by atoms with van der Waals surface area (Å²) in [7, 11) is 0. The Labute approximate surface area is 148 Å². The molecule has 1 N–H and O–H groups in total. The van der Waals surface area contributed by atoms with Crippen LogP contribution in [0.1, 0.15) is 36.8 Å². The van der Waals surface area contributed by atoms with Crippen LogP contribution in [0.4, 0.5) is 4.39 Å². The molecule has 0 unspecified atom stereocenters. The van der Waals surface area contributed by atoms with Gasteiger partial charge in [0.15, 0.2) is 0 Å². The standard InChI is InChI=1S/C21H24FNO2/c1-16-7-2-3-10-19(16)25-14-13-23-20(24)21(11-4-5-12-21)17-8-6-9-18(22)15-17/h2-3,6-10,15H,4-5,11-14H2,1H3,(H,23,24). The lowest BCUT2D eigenvalue weighted by Crippen LogP contribution is -2.44. The topological polar surface area (TPSA) is 38.3 Å². The van der Waals surface area contributed by atoms with Crippen LogP contribution in [0.5, 0.6) is 5.75 Å². The third kappa shape index (κ3) is 3.84. The molecule has 0 spiro atoms. The van der Waals surface area contributed by atoms with Crippen molar-refractivity contribution in [3.05, 3.63) is 65.5 Å². The van der Waals surface area contributed by atoms with Gasteiger partial charge in [-0.2, -0.15) is 0 Å². The first-order chi connectivity index (χ1) is 12.1. The fourth-order valence-corrected chi connectivity index (χ4v) is 3.62. The number of nitrogens with one attached hydrogen (secondary N) is 1. The molecule has 1 fully saturated rings. The maximum atomic E-state index is 13.6. The first-order valence-corrected chi connectivity index (χ1v) is 8.85. The van der Waals surface area contributed by atoms with Gasteiger partial charge in [-0.15, -0.1) is 0 Å². The Kier molecular flexibility index (Phi) is 5.37.